The Bertz CT molecular complexity index is 796. The van der Waals surface area contributed by atoms with Gasteiger partial charge in [0.1, 0.15) is 11.6 Å². The predicted molar refractivity (Wildman–Crippen MR) is 81.7 cm³/mol. The first-order chi connectivity index (χ1) is 11.1. The average Bonchev–Trinajstić information content (AvgIpc) is 2.79. The number of benzene rings is 1. The van der Waals surface area contributed by atoms with E-state index in [4.69, 9.17) is 11.6 Å². The number of Topliss-reactive ketones (excluding diaryl/α,β-unsaturated/α-hetero) is 1. The zero-order chi connectivity index (χ0) is 16.4. The Morgan fingerprint density at radius 2 is 2.17 bits per heavy atom. The van der Waals surface area contributed by atoms with Crippen molar-refractivity contribution in [1.82, 2.24) is 14.8 Å². The maximum Gasteiger partial charge on any atom is 0.187 e. The fourth-order valence-corrected chi connectivity index (χ4v) is 2.89. The summed E-state index contributed by atoms with van der Waals surface area (Å²) in [4.78, 5) is 12.6. The van der Waals surface area contributed by atoms with Gasteiger partial charge in [0.15, 0.2) is 17.5 Å². The Morgan fingerprint density at radius 3 is 2.91 bits per heavy atom. The Kier molecular flexibility index (Phi) is 4.39. The van der Waals surface area contributed by atoms with Gasteiger partial charge in [0.05, 0.1) is 11.1 Å². The van der Waals surface area contributed by atoms with Crippen LogP contribution in [0.2, 0.25) is 5.02 Å². The van der Waals surface area contributed by atoms with Crippen molar-refractivity contribution in [3.8, 4) is 6.07 Å². The van der Waals surface area contributed by atoms with Crippen LogP contribution in [0.4, 0.5) is 4.39 Å². The molecule has 0 amide bonds. The topological polar surface area (TPSA) is 71.6 Å². The second-order valence-electron chi connectivity index (χ2n) is 5.49. The quantitative estimate of drug-likeness (QED) is 0.808. The maximum absolute atomic E-state index is 13.6. The molecule has 7 heteroatoms. The molecule has 0 saturated carbocycles. The van der Waals surface area contributed by atoms with E-state index in [1.807, 2.05) is 10.6 Å². The van der Waals surface area contributed by atoms with Crippen LogP contribution in [0, 0.1) is 17.1 Å². The molecule has 2 aromatic rings. The van der Waals surface area contributed by atoms with Gasteiger partial charge in [-0.25, -0.2) is 4.39 Å². The Morgan fingerprint density at radius 1 is 1.35 bits per heavy atom. The molecule has 0 fully saturated rings. The number of carbonyl (C=O) groups is 1. The van der Waals surface area contributed by atoms with Crippen molar-refractivity contribution in [3.63, 3.8) is 0 Å². The second-order valence-corrected chi connectivity index (χ2v) is 5.90. The number of rotatable bonds is 3. The Balaban J connectivity index is 1.97. The van der Waals surface area contributed by atoms with Crippen LogP contribution in [-0.2, 0) is 13.0 Å². The molecule has 118 valence electrons. The standard InChI is InChI=1S/C16H14ClFN4O/c17-12-6-5-10(8-13(12)18)15(23)11(9-19)16-21-20-14-4-2-1-3-7-22(14)16/h5-6,8,11H,1-4,7H2. The number of hydrogen-bond acceptors (Lipinski definition) is 4. The lowest BCUT2D eigenvalue weighted by atomic mass is 9.98. The lowest BCUT2D eigenvalue weighted by Gasteiger charge is -2.11. The summed E-state index contributed by atoms with van der Waals surface area (Å²) in [6.45, 7) is 0.693. The molecular weight excluding hydrogens is 319 g/mol. The number of ketones is 1. The number of hydrogen-bond donors (Lipinski definition) is 0. The minimum atomic E-state index is -1.10. The van der Waals surface area contributed by atoms with Crippen molar-refractivity contribution in [2.24, 2.45) is 0 Å². The molecule has 1 aliphatic heterocycles. The van der Waals surface area contributed by atoms with E-state index in [-0.39, 0.29) is 10.6 Å². The predicted octanol–water partition coefficient (Wildman–Crippen LogP) is 3.29. The molecule has 0 spiro atoms. The number of nitriles is 1. The number of nitrogens with zero attached hydrogens (tertiary/aromatic N) is 4. The molecule has 1 atom stereocenters. The molecule has 0 saturated heterocycles. The van der Waals surface area contributed by atoms with E-state index in [2.05, 4.69) is 10.2 Å². The van der Waals surface area contributed by atoms with Gasteiger partial charge in [-0.1, -0.05) is 18.0 Å². The summed E-state index contributed by atoms with van der Waals surface area (Å²) < 4.78 is 15.4. The van der Waals surface area contributed by atoms with Crippen molar-refractivity contribution >= 4 is 17.4 Å². The van der Waals surface area contributed by atoms with Crippen LogP contribution in [-0.4, -0.2) is 20.5 Å². The summed E-state index contributed by atoms with van der Waals surface area (Å²) in [5.74, 6) is -1.15. The number of carbonyl (C=O) groups excluding carboxylic acids is 1. The summed E-state index contributed by atoms with van der Waals surface area (Å²) in [7, 11) is 0. The Hall–Kier alpha value is -2.26. The van der Waals surface area contributed by atoms with Gasteiger partial charge in [0.25, 0.3) is 0 Å². The van der Waals surface area contributed by atoms with Gasteiger partial charge in [-0.05, 0) is 31.0 Å². The smallest absolute Gasteiger partial charge is 0.187 e. The van der Waals surface area contributed by atoms with Crippen LogP contribution in [0.5, 0.6) is 0 Å². The van der Waals surface area contributed by atoms with E-state index in [0.717, 1.165) is 37.6 Å². The highest BCUT2D eigenvalue weighted by atomic mass is 35.5. The first-order valence-corrected chi connectivity index (χ1v) is 7.80. The van der Waals surface area contributed by atoms with Gasteiger partial charge < -0.3 is 4.57 Å². The molecule has 1 aromatic carbocycles. The third kappa shape index (κ3) is 2.97. The van der Waals surface area contributed by atoms with E-state index < -0.39 is 17.5 Å². The molecule has 0 radical (unpaired) electrons. The van der Waals surface area contributed by atoms with Gasteiger partial charge in [-0.15, -0.1) is 10.2 Å². The van der Waals surface area contributed by atoms with E-state index in [0.29, 0.717) is 12.4 Å². The molecule has 2 heterocycles. The van der Waals surface area contributed by atoms with Crippen LogP contribution < -0.4 is 0 Å². The normalized spacial score (nSPS) is 15.3. The zero-order valence-corrected chi connectivity index (χ0v) is 13.1. The van der Waals surface area contributed by atoms with Gasteiger partial charge in [-0.2, -0.15) is 5.26 Å². The summed E-state index contributed by atoms with van der Waals surface area (Å²) in [5, 5.41) is 17.5. The van der Waals surface area contributed by atoms with E-state index in [1.165, 1.54) is 12.1 Å². The van der Waals surface area contributed by atoms with Gasteiger partial charge >= 0.3 is 0 Å². The molecule has 0 aliphatic carbocycles. The largest absolute Gasteiger partial charge is 0.313 e. The fraction of sp³-hybridized carbons (Fsp3) is 0.375. The van der Waals surface area contributed by atoms with Crippen molar-refractivity contribution < 1.29 is 9.18 Å². The van der Waals surface area contributed by atoms with Crippen molar-refractivity contribution in [2.75, 3.05) is 0 Å². The molecule has 1 aromatic heterocycles. The minimum absolute atomic E-state index is 0.0635. The Labute approximate surface area is 137 Å². The van der Waals surface area contributed by atoms with E-state index in [9.17, 15) is 14.4 Å². The fourth-order valence-electron chi connectivity index (χ4n) is 2.77. The SMILES string of the molecule is N#CC(C(=O)c1ccc(Cl)c(F)c1)c1nnc2n1CCCCC2. The first kappa shape index (κ1) is 15.6. The lowest BCUT2D eigenvalue weighted by Crippen LogP contribution is -2.17. The first-order valence-electron chi connectivity index (χ1n) is 7.42. The second kappa shape index (κ2) is 6.47. The molecule has 0 bridgehead atoms. The van der Waals surface area contributed by atoms with Crippen LogP contribution in [0.3, 0.4) is 0 Å². The molecule has 23 heavy (non-hydrogen) atoms. The summed E-state index contributed by atoms with van der Waals surface area (Å²) in [6.07, 6.45) is 3.84. The number of aromatic nitrogens is 3. The molecule has 0 N–H and O–H groups in total. The lowest BCUT2D eigenvalue weighted by molar-refractivity contribution is 0.0974. The summed E-state index contributed by atoms with van der Waals surface area (Å²) in [5.41, 5.74) is 0.101. The van der Waals surface area contributed by atoms with Crippen molar-refractivity contribution in [1.29, 1.82) is 5.26 Å². The van der Waals surface area contributed by atoms with Gasteiger partial charge in [0, 0.05) is 18.5 Å². The molecule has 3 rings (SSSR count). The van der Waals surface area contributed by atoms with E-state index in [1.54, 1.807) is 0 Å². The zero-order valence-electron chi connectivity index (χ0n) is 12.3. The number of aryl methyl sites for hydroxylation is 1. The molecule has 1 aliphatic rings. The third-order valence-corrected chi connectivity index (χ3v) is 4.30. The molecule has 1 unspecified atom stereocenters. The summed E-state index contributed by atoms with van der Waals surface area (Å²) >= 11 is 5.63. The number of fused-ring (bicyclic) bond motifs is 1. The monoisotopic (exact) mass is 332 g/mol. The van der Waals surface area contributed by atoms with Crippen LogP contribution in [0.15, 0.2) is 18.2 Å². The highest BCUT2D eigenvalue weighted by molar-refractivity contribution is 6.30. The maximum atomic E-state index is 13.6. The highest BCUT2D eigenvalue weighted by Crippen LogP contribution is 2.24. The van der Waals surface area contributed by atoms with Crippen LogP contribution >= 0.6 is 11.6 Å². The minimum Gasteiger partial charge on any atom is -0.313 e. The van der Waals surface area contributed by atoms with Crippen molar-refractivity contribution in [3.05, 3.63) is 46.3 Å². The molecular formula is C16H14ClFN4O. The van der Waals surface area contributed by atoms with Crippen LogP contribution in [0.1, 0.15) is 47.2 Å². The molecule has 5 nitrogen and oxygen atoms in total. The summed E-state index contributed by atoms with van der Waals surface area (Å²) in [6, 6.07) is 5.75. The van der Waals surface area contributed by atoms with Crippen molar-refractivity contribution in [2.45, 2.75) is 38.1 Å². The van der Waals surface area contributed by atoms with Crippen LogP contribution in [0.25, 0.3) is 0 Å². The van der Waals surface area contributed by atoms with Gasteiger partial charge in [0.2, 0.25) is 0 Å². The average molecular weight is 333 g/mol. The van der Waals surface area contributed by atoms with E-state index >= 15 is 0 Å². The highest BCUT2D eigenvalue weighted by Gasteiger charge is 2.29. The number of halogens is 2. The van der Waals surface area contributed by atoms with Gasteiger partial charge in [-0.3, -0.25) is 4.79 Å². The third-order valence-electron chi connectivity index (χ3n) is 3.99.